The minimum Gasteiger partial charge on any atom is -0.252 e. The van der Waals surface area contributed by atoms with Crippen LogP contribution in [0.5, 0.6) is 0 Å². The summed E-state index contributed by atoms with van der Waals surface area (Å²) in [6, 6.07) is 16.4. The Morgan fingerprint density at radius 2 is 1.92 bits per heavy atom. The Labute approximate surface area is 153 Å². The molecule has 0 bridgehead atoms. The van der Waals surface area contributed by atoms with Gasteiger partial charge >= 0.3 is 0 Å². The van der Waals surface area contributed by atoms with Gasteiger partial charge in [0.25, 0.3) is 0 Å². The minimum atomic E-state index is 0.116. The zero-order chi connectivity index (χ0) is 17.8. The van der Waals surface area contributed by atoms with Crippen molar-refractivity contribution in [2.45, 2.75) is 39.1 Å². The Balaban J connectivity index is 1.76. The first kappa shape index (κ1) is 17.5. The van der Waals surface area contributed by atoms with E-state index in [4.69, 9.17) is 10.3 Å². The molecule has 25 heavy (non-hydrogen) atoms. The van der Waals surface area contributed by atoms with Crippen molar-refractivity contribution in [3.05, 3.63) is 64.7 Å². The van der Waals surface area contributed by atoms with E-state index in [1.165, 1.54) is 16.7 Å². The molecule has 0 saturated heterocycles. The zero-order valence-electron chi connectivity index (χ0n) is 14.8. The molecule has 2 aromatic rings. The first-order valence-corrected chi connectivity index (χ1v) is 9.42. The molecule has 4 nitrogen and oxygen atoms in total. The van der Waals surface area contributed by atoms with Crippen molar-refractivity contribution in [2.24, 2.45) is 4.99 Å². The smallest absolute Gasteiger partial charge is 0.180 e. The molecule has 1 unspecified atom stereocenters. The molecule has 1 aliphatic rings. The second kappa shape index (κ2) is 7.73. The van der Waals surface area contributed by atoms with Gasteiger partial charge in [-0.3, -0.25) is 5.01 Å². The lowest BCUT2D eigenvalue weighted by Crippen LogP contribution is -2.39. The van der Waals surface area contributed by atoms with Gasteiger partial charge in [0.2, 0.25) is 0 Å². The average molecular weight is 350 g/mol. The van der Waals surface area contributed by atoms with E-state index in [-0.39, 0.29) is 6.17 Å². The molecule has 0 radical (unpaired) electrons. The van der Waals surface area contributed by atoms with Crippen LogP contribution in [0.15, 0.2) is 47.5 Å². The fraction of sp³-hybridized carbons (Fsp3) is 0.300. The third-order valence-electron chi connectivity index (χ3n) is 4.32. The van der Waals surface area contributed by atoms with Gasteiger partial charge in [-0.05, 0) is 61.2 Å². The maximum Gasteiger partial charge on any atom is 0.180 e. The molecular weight excluding hydrogens is 328 g/mol. The maximum absolute atomic E-state index is 8.90. The van der Waals surface area contributed by atoms with E-state index < -0.39 is 0 Å². The van der Waals surface area contributed by atoms with Gasteiger partial charge in [-0.15, -0.1) is 0 Å². The summed E-state index contributed by atoms with van der Waals surface area (Å²) in [6.45, 7) is 6.39. The van der Waals surface area contributed by atoms with Crippen LogP contribution in [0.3, 0.4) is 0 Å². The van der Waals surface area contributed by atoms with Crippen molar-refractivity contribution < 1.29 is 0 Å². The van der Waals surface area contributed by atoms with Gasteiger partial charge < -0.3 is 0 Å². The second-order valence-electron chi connectivity index (χ2n) is 6.17. The summed E-state index contributed by atoms with van der Waals surface area (Å²) >= 11 is 1.71. The predicted octanol–water partition coefficient (Wildman–Crippen LogP) is 4.53. The van der Waals surface area contributed by atoms with Crippen molar-refractivity contribution in [1.29, 1.82) is 5.26 Å². The molecule has 0 aromatic heterocycles. The normalized spacial score (nSPS) is 16.6. The fourth-order valence-electron chi connectivity index (χ4n) is 2.58. The number of thioether (sulfide) groups is 1. The molecule has 1 aliphatic heterocycles. The number of nitrogens with one attached hydrogen (secondary N) is 1. The molecule has 0 saturated carbocycles. The number of hydrogen-bond acceptors (Lipinski definition) is 5. The molecule has 2 aromatic carbocycles. The van der Waals surface area contributed by atoms with E-state index in [2.05, 4.69) is 55.5 Å². The largest absolute Gasteiger partial charge is 0.252 e. The van der Waals surface area contributed by atoms with Gasteiger partial charge in [-0.25, -0.2) is 10.4 Å². The van der Waals surface area contributed by atoms with Crippen molar-refractivity contribution in [1.82, 2.24) is 5.43 Å². The Morgan fingerprint density at radius 3 is 2.56 bits per heavy atom. The summed E-state index contributed by atoms with van der Waals surface area (Å²) < 4.78 is 0. The highest BCUT2D eigenvalue weighted by molar-refractivity contribution is 8.13. The average Bonchev–Trinajstić information content (AvgIpc) is 3.06. The Bertz CT molecular complexity index is 821. The van der Waals surface area contributed by atoms with Crippen LogP contribution in [-0.4, -0.2) is 11.3 Å². The van der Waals surface area contributed by atoms with Crippen LogP contribution in [0, 0.1) is 25.2 Å². The highest BCUT2D eigenvalue weighted by Gasteiger charge is 2.25. The Hall–Kier alpha value is -2.29. The lowest BCUT2D eigenvalue weighted by atomic mass is 10.1. The van der Waals surface area contributed by atoms with E-state index in [0.29, 0.717) is 5.56 Å². The number of amidine groups is 1. The van der Waals surface area contributed by atoms with Crippen LogP contribution in [0.4, 0.5) is 5.69 Å². The van der Waals surface area contributed by atoms with Gasteiger partial charge in [-0.1, -0.05) is 36.9 Å². The zero-order valence-corrected chi connectivity index (χ0v) is 15.6. The maximum atomic E-state index is 8.90. The molecule has 0 spiro atoms. The predicted molar refractivity (Wildman–Crippen MR) is 105 cm³/mol. The SMILES string of the molecule is CCC1N=C(SCc2ccc(C#N)cc2)N(c2ccc(C)c(C)c2)N1. The highest BCUT2D eigenvalue weighted by atomic mass is 32.2. The molecule has 3 rings (SSSR count). The van der Waals surface area contributed by atoms with Crippen molar-refractivity contribution in [3.8, 4) is 6.07 Å². The van der Waals surface area contributed by atoms with Gasteiger partial charge in [0.15, 0.2) is 5.17 Å². The third kappa shape index (κ3) is 4.04. The topological polar surface area (TPSA) is 51.4 Å². The van der Waals surface area contributed by atoms with E-state index in [1.807, 2.05) is 24.3 Å². The number of benzene rings is 2. The molecule has 0 fully saturated rings. The van der Waals surface area contributed by atoms with Crippen LogP contribution >= 0.6 is 11.8 Å². The van der Waals surface area contributed by atoms with Crippen LogP contribution in [0.1, 0.15) is 35.6 Å². The molecule has 5 heteroatoms. The fourth-order valence-corrected chi connectivity index (χ4v) is 3.56. The molecule has 1 N–H and O–H groups in total. The minimum absolute atomic E-state index is 0.116. The molecule has 128 valence electrons. The monoisotopic (exact) mass is 350 g/mol. The first-order chi connectivity index (χ1) is 12.1. The standard InChI is InChI=1S/C20H22N4S/c1-4-19-22-20(25-13-17-8-6-16(12-21)7-9-17)24(23-19)18-10-5-14(2)15(3)11-18/h5-11,19,23H,4,13H2,1-3H3. The number of hydrazine groups is 1. The summed E-state index contributed by atoms with van der Waals surface area (Å²) in [5.74, 6) is 0.823. The van der Waals surface area contributed by atoms with Gasteiger partial charge in [0.1, 0.15) is 6.17 Å². The van der Waals surface area contributed by atoms with Gasteiger partial charge in [-0.2, -0.15) is 5.26 Å². The Morgan fingerprint density at radius 1 is 1.16 bits per heavy atom. The van der Waals surface area contributed by atoms with Crippen LogP contribution in [0.25, 0.3) is 0 Å². The summed E-state index contributed by atoms with van der Waals surface area (Å²) in [5, 5.41) is 12.0. The van der Waals surface area contributed by atoms with Crippen LogP contribution in [-0.2, 0) is 5.75 Å². The van der Waals surface area contributed by atoms with E-state index in [0.717, 1.165) is 23.0 Å². The highest BCUT2D eigenvalue weighted by Crippen LogP contribution is 2.27. The van der Waals surface area contributed by atoms with E-state index in [1.54, 1.807) is 11.8 Å². The molecule has 1 atom stereocenters. The Kier molecular flexibility index (Phi) is 5.42. The summed E-state index contributed by atoms with van der Waals surface area (Å²) in [6.07, 6.45) is 1.06. The van der Waals surface area contributed by atoms with Crippen molar-refractivity contribution in [3.63, 3.8) is 0 Å². The number of nitrogens with zero attached hydrogens (tertiary/aromatic N) is 3. The summed E-state index contributed by atoms with van der Waals surface area (Å²) in [7, 11) is 0. The summed E-state index contributed by atoms with van der Waals surface area (Å²) in [5.41, 5.74) is 9.03. The lowest BCUT2D eigenvalue weighted by molar-refractivity contribution is 0.567. The van der Waals surface area contributed by atoms with Crippen LogP contribution < -0.4 is 10.4 Å². The lowest BCUT2D eigenvalue weighted by Gasteiger charge is -2.22. The van der Waals surface area contributed by atoms with E-state index >= 15 is 0 Å². The number of aliphatic imine (C=N–C) groups is 1. The number of anilines is 1. The quantitative estimate of drug-likeness (QED) is 0.880. The number of hydrogen-bond donors (Lipinski definition) is 1. The molecule has 0 aliphatic carbocycles. The number of nitriles is 1. The molecule has 1 heterocycles. The molecular formula is C20H22N4S. The third-order valence-corrected chi connectivity index (χ3v) is 5.35. The molecule has 0 amide bonds. The van der Waals surface area contributed by atoms with Crippen molar-refractivity contribution in [2.75, 3.05) is 5.01 Å². The van der Waals surface area contributed by atoms with Crippen molar-refractivity contribution >= 4 is 22.6 Å². The van der Waals surface area contributed by atoms with Gasteiger partial charge in [0, 0.05) is 5.75 Å². The summed E-state index contributed by atoms with van der Waals surface area (Å²) in [4.78, 5) is 4.81. The number of aryl methyl sites for hydroxylation is 2. The first-order valence-electron chi connectivity index (χ1n) is 8.44. The van der Waals surface area contributed by atoms with Gasteiger partial charge in [0.05, 0.1) is 17.3 Å². The number of rotatable bonds is 4. The van der Waals surface area contributed by atoms with Crippen LogP contribution in [0.2, 0.25) is 0 Å². The second-order valence-corrected chi connectivity index (χ2v) is 7.11. The van der Waals surface area contributed by atoms with E-state index in [9.17, 15) is 0 Å².